The van der Waals surface area contributed by atoms with Crippen LogP contribution in [-0.2, 0) is 4.79 Å². The summed E-state index contributed by atoms with van der Waals surface area (Å²) in [5, 5.41) is 7.60. The van der Waals surface area contributed by atoms with E-state index in [1.807, 2.05) is 12.3 Å². The number of hydrogen-bond donors (Lipinski definition) is 2. The molecule has 1 saturated heterocycles. The van der Waals surface area contributed by atoms with Crippen molar-refractivity contribution in [3.63, 3.8) is 0 Å². The molecule has 0 bridgehead atoms. The van der Waals surface area contributed by atoms with E-state index in [4.69, 9.17) is 33.7 Å². The maximum atomic E-state index is 13.9. The first kappa shape index (κ1) is 24.1. The largest absolute Gasteiger partial charge is 0.482 e. The summed E-state index contributed by atoms with van der Waals surface area (Å²) in [6.45, 7) is 2.32. The molecule has 1 amide bonds. The maximum absolute atomic E-state index is 13.9. The fourth-order valence-electron chi connectivity index (χ4n) is 3.54. The number of rotatable bonds is 5. The molecule has 4 rings (SSSR count). The predicted octanol–water partition coefficient (Wildman–Crippen LogP) is 4.99. The molecule has 1 fully saturated rings. The van der Waals surface area contributed by atoms with E-state index in [0.717, 1.165) is 6.42 Å². The molecule has 0 aliphatic carbocycles. The third-order valence-electron chi connectivity index (χ3n) is 5.17. The molecule has 1 aliphatic rings. The van der Waals surface area contributed by atoms with Crippen LogP contribution >= 0.6 is 35.6 Å². The Morgan fingerprint density at radius 1 is 1.34 bits per heavy atom. The first-order valence-electron chi connectivity index (χ1n) is 9.71. The number of piperidine rings is 1. The average Bonchev–Trinajstić information content (AvgIpc) is 3.23. The van der Waals surface area contributed by atoms with Crippen molar-refractivity contribution in [3.8, 4) is 17.0 Å². The highest BCUT2D eigenvalue weighted by molar-refractivity contribution is 6.36. The van der Waals surface area contributed by atoms with Crippen molar-refractivity contribution in [3.05, 3.63) is 58.1 Å². The molecule has 0 spiro atoms. The van der Waals surface area contributed by atoms with Gasteiger partial charge in [0.15, 0.2) is 11.6 Å². The van der Waals surface area contributed by atoms with Crippen molar-refractivity contribution in [1.82, 2.24) is 20.1 Å². The standard InChI is InChI=1S/C21H20Cl2FN5O2.ClH/c1-11(19-14(22)2-3-15(24)20(19)23)31-17-8-12(10-27-21(17)25)16-5-7-29(28-16)13-4-6-26-18(30)9-13;/h2-3,5,7-8,10-11,13H,4,6,9H2,1H3,(H2,25,27)(H,26,30);1H/t11-,13?;/m1./s1. The Morgan fingerprint density at radius 2 is 2.12 bits per heavy atom. The van der Waals surface area contributed by atoms with Crippen LogP contribution in [0, 0.1) is 5.82 Å². The minimum atomic E-state index is -0.673. The Labute approximate surface area is 200 Å². The Bertz CT molecular complexity index is 1140. The van der Waals surface area contributed by atoms with Crippen molar-refractivity contribution >= 4 is 47.3 Å². The zero-order valence-corrected chi connectivity index (χ0v) is 19.3. The van der Waals surface area contributed by atoms with Crippen LogP contribution in [0.1, 0.15) is 37.5 Å². The number of nitrogens with two attached hydrogens (primary N) is 1. The smallest absolute Gasteiger partial charge is 0.222 e. The summed E-state index contributed by atoms with van der Waals surface area (Å²) >= 11 is 12.3. The molecule has 7 nitrogen and oxygen atoms in total. The lowest BCUT2D eigenvalue weighted by molar-refractivity contribution is -0.123. The van der Waals surface area contributed by atoms with E-state index < -0.39 is 11.9 Å². The molecule has 3 heterocycles. The Morgan fingerprint density at radius 3 is 2.88 bits per heavy atom. The van der Waals surface area contributed by atoms with Crippen LogP contribution in [0.3, 0.4) is 0 Å². The lowest BCUT2D eigenvalue weighted by Crippen LogP contribution is -2.34. The third kappa shape index (κ3) is 4.92. The highest BCUT2D eigenvalue weighted by atomic mass is 35.5. The molecular weight excluding hydrogens is 480 g/mol. The van der Waals surface area contributed by atoms with Crippen LogP contribution in [0.15, 0.2) is 36.7 Å². The molecule has 3 N–H and O–H groups in total. The van der Waals surface area contributed by atoms with Gasteiger partial charge in [-0.25, -0.2) is 9.37 Å². The third-order valence-corrected chi connectivity index (χ3v) is 5.88. The molecule has 0 radical (unpaired) electrons. The van der Waals surface area contributed by atoms with E-state index in [1.54, 1.807) is 23.9 Å². The molecule has 2 atom stereocenters. The van der Waals surface area contributed by atoms with Gasteiger partial charge >= 0.3 is 0 Å². The summed E-state index contributed by atoms with van der Waals surface area (Å²) in [6.07, 6.45) is 3.96. The second-order valence-electron chi connectivity index (χ2n) is 7.30. The number of halogens is 4. The van der Waals surface area contributed by atoms with Gasteiger partial charge in [0, 0.05) is 41.5 Å². The number of anilines is 1. The van der Waals surface area contributed by atoms with E-state index in [2.05, 4.69) is 15.4 Å². The number of carbonyl (C=O) groups excluding carboxylic acids is 1. The molecular formula is C21H21Cl3FN5O2. The summed E-state index contributed by atoms with van der Waals surface area (Å²) < 4.78 is 21.6. The molecule has 1 aromatic carbocycles. The Balaban J connectivity index is 0.00000289. The van der Waals surface area contributed by atoms with E-state index in [9.17, 15) is 9.18 Å². The van der Waals surface area contributed by atoms with Crippen molar-refractivity contribution < 1.29 is 13.9 Å². The highest BCUT2D eigenvalue weighted by Crippen LogP contribution is 2.37. The molecule has 3 aromatic rings. The fraction of sp³-hybridized carbons (Fsp3) is 0.286. The average molecular weight is 501 g/mol. The quantitative estimate of drug-likeness (QED) is 0.482. The summed E-state index contributed by atoms with van der Waals surface area (Å²) in [5.74, 6) is -0.101. The second-order valence-corrected chi connectivity index (χ2v) is 8.09. The van der Waals surface area contributed by atoms with Crippen molar-refractivity contribution in [2.24, 2.45) is 0 Å². The Kier molecular flexibility index (Phi) is 7.48. The number of nitrogens with one attached hydrogen (secondary N) is 1. The first-order valence-corrected chi connectivity index (χ1v) is 10.5. The number of nitrogen functional groups attached to an aromatic ring is 1. The molecule has 0 saturated carbocycles. The van der Waals surface area contributed by atoms with Crippen molar-refractivity contribution in [1.29, 1.82) is 0 Å². The van der Waals surface area contributed by atoms with Crippen molar-refractivity contribution in [2.45, 2.75) is 31.9 Å². The van der Waals surface area contributed by atoms with Gasteiger partial charge in [-0.2, -0.15) is 5.10 Å². The fourth-order valence-corrected chi connectivity index (χ4v) is 4.22. The molecule has 1 aliphatic heterocycles. The second kappa shape index (κ2) is 9.94. The van der Waals surface area contributed by atoms with Gasteiger partial charge in [-0.05, 0) is 37.6 Å². The van der Waals surface area contributed by atoms with Crippen molar-refractivity contribution in [2.75, 3.05) is 12.3 Å². The van der Waals surface area contributed by atoms with Crippen LogP contribution in [0.4, 0.5) is 10.2 Å². The molecule has 32 heavy (non-hydrogen) atoms. The van der Waals surface area contributed by atoms with Gasteiger partial charge in [-0.1, -0.05) is 23.2 Å². The number of nitrogens with zero attached hydrogens (tertiary/aromatic N) is 3. The number of aromatic nitrogens is 3. The summed E-state index contributed by atoms with van der Waals surface area (Å²) in [4.78, 5) is 15.9. The van der Waals surface area contributed by atoms with Gasteiger partial charge < -0.3 is 15.8 Å². The van der Waals surface area contributed by atoms with Gasteiger partial charge in [-0.3, -0.25) is 9.48 Å². The topological polar surface area (TPSA) is 95.1 Å². The summed E-state index contributed by atoms with van der Waals surface area (Å²) in [5.41, 5.74) is 7.67. The molecule has 11 heteroatoms. The number of hydrogen-bond acceptors (Lipinski definition) is 5. The predicted molar refractivity (Wildman–Crippen MR) is 124 cm³/mol. The van der Waals surface area contributed by atoms with Gasteiger partial charge in [0.2, 0.25) is 5.91 Å². The molecule has 170 valence electrons. The molecule has 2 aromatic heterocycles. The number of pyridine rings is 1. The van der Waals surface area contributed by atoms with Crippen LogP contribution in [0.5, 0.6) is 5.75 Å². The van der Waals surface area contributed by atoms with Gasteiger partial charge in [0.05, 0.1) is 16.8 Å². The lowest BCUT2D eigenvalue weighted by Gasteiger charge is -2.22. The van der Waals surface area contributed by atoms with Crippen LogP contribution in [0.2, 0.25) is 10.0 Å². The lowest BCUT2D eigenvalue weighted by atomic mass is 10.1. The van der Waals surface area contributed by atoms with Gasteiger partial charge in [0.1, 0.15) is 11.9 Å². The minimum Gasteiger partial charge on any atom is -0.482 e. The summed E-state index contributed by atoms with van der Waals surface area (Å²) in [6, 6.07) is 6.18. The zero-order valence-electron chi connectivity index (χ0n) is 17.0. The Hall–Kier alpha value is -2.55. The number of ether oxygens (including phenoxy) is 1. The van der Waals surface area contributed by atoms with Crippen LogP contribution in [0.25, 0.3) is 11.3 Å². The number of carbonyl (C=O) groups is 1. The van der Waals surface area contributed by atoms with Gasteiger partial charge in [-0.15, -0.1) is 12.4 Å². The number of benzene rings is 1. The zero-order chi connectivity index (χ0) is 22.1. The highest BCUT2D eigenvalue weighted by Gasteiger charge is 2.22. The monoisotopic (exact) mass is 499 g/mol. The normalized spacial score (nSPS) is 16.8. The first-order chi connectivity index (χ1) is 14.8. The van der Waals surface area contributed by atoms with Crippen LogP contribution in [-0.4, -0.2) is 27.2 Å². The van der Waals surface area contributed by atoms with E-state index in [-0.39, 0.29) is 40.2 Å². The van der Waals surface area contributed by atoms with Crippen LogP contribution < -0.4 is 15.8 Å². The summed E-state index contributed by atoms with van der Waals surface area (Å²) in [7, 11) is 0. The van der Waals surface area contributed by atoms with E-state index >= 15 is 0 Å². The number of amides is 1. The van der Waals surface area contributed by atoms with E-state index in [0.29, 0.717) is 35.5 Å². The SMILES string of the molecule is C[C@@H](Oc1cc(-c2ccn(C3CCNC(=O)C3)n2)cnc1N)c1c(Cl)ccc(F)c1Cl.Cl. The van der Waals surface area contributed by atoms with E-state index in [1.165, 1.54) is 12.1 Å². The maximum Gasteiger partial charge on any atom is 0.222 e. The van der Waals surface area contributed by atoms with Gasteiger partial charge in [0.25, 0.3) is 0 Å². The molecule has 1 unspecified atom stereocenters. The minimum absolute atomic E-state index is 0.